The fraction of sp³-hybridized carbons (Fsp3) is 0.300. The predicted octanol–water partition coefficient (Wildman–Crippen LogP) is 4.56. The molecule has 2 aromatic carbocycles. The van der Waals surface area contributed by atoms with Gasteiger partial charge in [-0.2, -0.15) is 0 Å². The number of benzene rings is 2. The first-order valence-electron chi connectivity index (χ1n) is 8.71. The lowest BCUT2D eigenvalue weighted by molar-refractivity contribution is -0.116. The minimum Gasteiger partial charge on any atom is -0.444 e. The number of ether oxygens (including phenoxy) is 1. The Morgan fingerprint density at radius 1 is 1.00 bits per heavy atom. The van der Waals surface area contributed by atoms with Crippen molar-refractivity contribution in [2.24, 2.45) is 0 Å². The van der Waals surface area contributed by atoms with E-state index in [1.165, 1.54) is 36.4 Å². The van der Waals surface area contributed by atoms with E-state index in [2.05, 4.69) is 16.0 Å². The molecule has 3 N–H and O–H groups in total. The van der Waals surface area contributed by atoms with Crippen LogP contribution in [0.1, 0.15) is 27.2 Å². The van der Waals surface area contributed by atoms with Crippen LogP contribution in [0.15, 0.2) is 42.5 Å². The van der Waals surface area contributed by atoms with Crippen molar-refractivity contribution >= 4 is 29.1 Å². The van der Waals surface area contributed by atoms with E-state index < -0.39 is 23.3 Å². The highest BCUT2D eigenvalue weighted by molar-refractivity contribution is 5.95. The highest BCUT2D eigenvalue weighted by Gasteiger charge is 2.16. The van der Waals surface area contributed by atoms with Gasteiger partial charge in [-0.1, -0.05) is 6.07 Å². The normalized spacial score (nSPS) is 10.9. The number of carbonyl (C=O) groups is 2. The molecule has 2 amide bonds. The van der Waals surface area contributed by atoms with Crippen LogP contribution in [0, 0.1) is 11.6 Å². The molecule has 2 aromatic rings. The minimum absolute atomic E-state index is 0.00394. The van der Waals surface area contributed by atoms with E-state index in [1.54, 1.807) is 26.8 Å². The molecule has 6 nitrogen and oxygen atoms in total. The summed E-state index contributed by atoms with van der Waals surface area (Å²) in [4.78, 5) is 23.7. The summed E-state index contributed by atoms with van der Waals surface area (Å²) in [5.41, 5.74) is 0.387. The van der Waals surface area contributed by atoms with Crippen LogP contribution in [0.3, 0.4) is 0 Å². The van der Waals surface area contributed by atoms with Crippen LogP contribution >= 0.6 is 0 Å². The van der Waals surface area contributed by atoms with Crippen LogP contribution in [-0.4, -0.2) is 24.1 Å². The Balaban J connectivity index is 1.96. The summed E-state index contributed by atoms with van der Waals surface area (Å²) < 4.78 is 32.0. The van der Waals surface area contributed by atoms with Crippen molar-refractivity contribution < 1.29 is 23.1 Å². The molecule has 0 heterocycles. The minimum atomic E-state index is -0.627. The van der Waals surface area contributed by atoms with Crippen molar-refractivity contribution in [1.82, 2.24) is 5.32 Å². The monoisotopic (exact) mass is 391 g/mol. The largest absolute Gasteiger partial charge is 0.444 e. The van der Waals surface area contributed by atoms with E-state index in [4.69, 9.17) is 4.74 Å². The molecule has 0 unspecified atom stereocenters. The molecule has 0 spiro atoms. The molecule has 0 bridgehead atoms. The first kappa shape index (κ1) is 21.1. The van der Waals surface area contributed by atoms with Gasteiger partial charge in [0.1, 0.15) is 17.2 Å². The molecule has 0 aromatic heterocycles. The van der Waals surface area contributed by atoms with Gasteiger partial charge in [0.05, 0.1) is 11.4 Å². The number of carbonyl (C=O) groups excluding carboxylic acids is 2. The number of alkyl carbamates (subject to hydrolysis) is 1. The Morgan fingerprint density at radius 2 is 1.71 bits per heavy atom. The van der Waals surface area contributed by atoms with Gasteiger partial charge in [0.2, 0.25) is 5.91 Å². The van der Waals surface area contributed by atoms with Crippen LogP contribution in [0.2, 0.25) is 0 Å². The van der Waals surface area contributed by atoms with Crippen LogP contribution < -0.4 is 16.0 Å². The first-order chi connectivity index (χ1) is 13.1. The lowest BCUT2D eigenvalue weighted by atomic mass is 10.2. The average Bonchev–Trinajstić information content (AvgIpc) is 2.56. The summed E-state index contributed by atoms with van der Waals surface area (Å²) in [6.45, 7) is 5.29. The predicted molar refractivity (Wildman–Crippen MR) is 104 cm³/mol. The molecule has 8 heteroatoms. The number of hydrogen-bond acceptors (Lipinski definition) is 4. The Hall–Kier alpha value is -3.16. The quantitative estimate of drug-likeness (QED) is 0.674. The van der Waals surface area contributed by atoms with E-state index in [-0.39, 0.29) is 24.6 Å². The average molecular weight is 391 g/mol. The van der Waals surface area contributed by atoms with Crippen LogP contribution in [0.5, 0.6) is 0 Å². The first-order valence-corrected chi connectivity index (χ1v) is 8.71. The van der Waals surface area contributed by atoms with Crippen molar-refractivity contribution in [1.29, 1.82) is 0 Å². The molecular formula is C20H23F2N3O3. The molecular weight excluding hydrogens is 368 g/mol. The number of halogens is 2. The Kier molecular flexibility index (Phi) is 6.92. The highest BCUT2D eigenvalue weighted by atomic mass is 19.1. The zero-order valence-corrected chi connectivity index (χ0v) is 15.9. The molecule has 0 fully saturated rings. The maximum Gasteiger partial charge on any atom is 0.407 e. The lowest BCUT2D eigenvalue weighted by Crippen LogP contribution is -2.34. The van der Waals surface area contributed by atoms with Gasteiger partial charge in [0.25, 0.3) is 0 Å². The Labute approximate surface area is 162 Å². The Bertz CT molecular complexity index is 851. The summed E-state index contributed by atoms with van der Waals surface area (Å²) in [7, 11) is 0. The summed E-state index contributed by atoms with van der Waals surface area (Å²) in [6, 6.07) is 9.46. The zero-order chi connectivity index (χ0) is 20.7. The van der Waals surface area contributed by atoms with Crippen molar-refractivity contribution in [2.75, 3.05) is 17.2 Å². The maximum absolute atomic E-state index is 13.6. The fourth-order valence-electron chi connectivity index (χ4n) is 2.26. The molecule has 0 aliphatic heterocycles. The van der Waals surface area contributed by atoms with E-state index in [9.17, 15) is 18.4 Å². The number of hydrogen-bond donors (Lipinski definition) is 3. The molecule has 150 valence electrons. The van der Waals surface area contributed by atoms with Crippen molar-refractivity contribution in [3.63, 3.8) is 0 Å². The molecule has 0 aliphatic rings. The van der Waals surface area contributed by atoms with Gasteiger partial charge >= 0.3 is 6.09 Å². The van der Waals surface area contributed by atoms with E-state index in [0.29, 0.717) is 11.4 Å². The van der Waals surface area contributed by atoms with Gasteiger partial charge in [-0.05, 0) is 57.2 Å². The van der Waals surface area contributed by atoms with Gasteiger partial charge < -0.3 is 20.7 Å². The summed E-state index contributed by atoms with van der Waals surface area (Å²) >= 11 is 0. The number of anilines is 3. The summed E-state index contributed by atoms with van der Waals surface area (Å²) in [6.07, 6.45) is -0.619. The third-order valence-corrected chi connectivity index (χ3v) is 3.38. The smallest absolute Gasteiger partial charge is 0.407 e. The van der Waals surface area contributed by atoms with Gasteiger partial charge in [0, 0.05) is 18.7 Å². The molecule has 0 saturated heterocycles. The van der Waals surface area contributed by atoms with Crippen LogP contribution in [-0.2, 0) is 9.53 Å². The molecule has 0 radical (unpaired) electrons. The second-order valence-corrected chi connectivity index (χ2v) is 7.05. The second-order valence-electron chi connectivity index (χ2n) is 7.05. The molecule has 28 heavy (non-hydrogen) atoms. The molecule has 0 atom stereocenters. The van der Waals surface area contributed by atoms with E-state index >= 15 is 0 Å². The fourth-order valence-corrected chi connectivity index (χ4v) is 2.26. The van der Waals surface area contributed by atoms with Crippen molar-refractivity contribution in [3.05, 3.63) is 54.1 Å². The summed E-state index contributed by atoms with van der Waals surface area (Å²) in [5, 5.41) is 8.00. The van der Waals surface area contributed by atoms with Crippen molar-refractivity contribution in [3.8, 4) is 0 Å². The van der Waals surface area contributed by atoms with Crippen LogP contribution in [0.4, 0.5) is 30.6 Å². The summed E-state index contributed by atoms with van der Waals surface area (Å²) in [5.74, 6) is -1.34. The second kappa shape index (κ2) is 9.16. The zero-order valence-electron chi connectivity index (χ0n) is 15.9. The number of rotatable bonds is 6. The lowest BCUT2D eigenvalue weighted by Gasteiger charge is -2.19. The van der Waals surface area contributed by atoms with Gasteiger partial charge in [0.15, 0.2) is 0 Å². The standard InChI is InChI=1S/C20H23F2N3O3/c1-20(2,3)28-19(27)23-10-9-18(26)25-16-8-7-14(22)12-17(16)24-15-6-4-5-13(21)11-15/h4-8,11-12,24H,9-10H2,1-3H3,(H,23,27)(H,25,26). The molecule has 0 saturated carbocycles. The third-order valence-electron chi connectivity index (χ3n) is 3.38. The van der Waals surface area contributed by atoms with Crippen molar-refractivity contribution in [2.45, 2.75) is 32.8 Å². The highest BCUT2D eigenvalue weighted by Crippen LogP contribution is 2.27. The molecule has 2 rings (SSSR count). The maximum atomic E-state index is 13.6. The number of nitrogens with one attached hydrogen (secondary N) is 3. The van der Waals surface area contributed by atoms with E-state index in [1.807, 2.05) is 0 Å². The van der Waals surface area contributed by atoms with Crippen LogP contribution in [0.25, 0.3) is 0 Å². The SMILES string of the molecule is CC(C)(C)OC(=O)NCCC(=O)Nc1ccc(F)cc1Nc1cccc(F)c1. The third kappa shape index (κ3) is 7.22. The Morgan fingerprint density at radius 3 is 2.39 bits per heavy atom. The van der Waals surface area contributed by atoms with Gasteiger partial charge in [-0.3, -0.25) is 4.79 Å². The number of amides is 2. The topological polar surface area (TPSA) is 79.5 Å². The molecule has 0 aliphatic carbocycles. The van der Waals surface area contributed by atoms with Gasteiger partial charge in [-0.15, -0.1) is 0 Å². The van der Waals surface area contributed by atoms with Gasteiger partial charge in [-0.25, -0.2) is 13.6 Å². The van der Waals surface area contributed by atoms with E-state index in [0.717, 1.165) is 0 Å².